The van der Waals surface area contributed by atoms with Crippen LogP contribution in [-0.4, -0.2) is 24.2 Å². The fourth-order valence-corrected chi connectivity index (χ4v) is 2.89. The molecule has 0 radical (unpaired) electrons. The normalized spacial score (nSPS) is 20.2. The number of hydrogen-bond acceptors (Lipinski definition) is 3. The van der Waals surface area contributed by atoms with Crippen molar-refractivity contribution in [3.63, 3.8) is 0 Å². The zero-order valence-corrected chi connectivity index (χ0v) is 9.85. The molecule has 3 heteroatoms. The van der Waals surface area contributed by atoms with Gasteiger partial charge in [0.05, 0.1) is 12.3 Å². The minimum atomic E-state index is 0.608. The number of hydrogen-bond donors (Lipinski definition) is 1. The lowest BCUT2D eigenvalue weighted by Gasteiger charge is -2.16. The summed E-state index contributed by atoms with van der Waals surface area (Å²) in [5.74, 6) is 3.45. The highest BCUT2D eigenvalue weighted by Gasteiger charge is 2.16. The Morgan fingerprint density at radius 1 is 1.47 bits per heavy atom. The van der Waals surface area contributed by atoms with Gasteiger partial charge in [0.1, 0.15) is 5.75 Å². The van der Waals surface area contributed by atoms with Crippen molar-refractivity contribution in [3.05, 3.63) is 24.3 Å². The zero-order valence-electron chi connectivity index (χ0n) is 9.03. The number of para-hydroxylation sites is 2. The largest absolute Gasteiger partial charge is 0.492 e. The number of rotatable bonds is 4. The van der Waals surface area contributed by atoms with E-state index >= 15 is 0 Å². The molecule has 2 rings (SSSR count). The van der Waals surface area contributed by atoms with Gasteiger partial charge in [-0.1, -0.05) is 12.1 Å². The molecule has 0 aliphatic carbocycles. The average Bonchev–Trinajstić information content (AvgIpc) is 2.74. The quantitative estimate of drug-likeness (QED) is 0.848. The van der Waals surface area contributed by atoms with Gasteiger partial charge in [0.25, 0.3) is 0 Å². The summed E-state index contributed by atoms with van der Waals surface area (Å²) in [5.41, 5.74) is 1.13. The monoisotopic (exact) mass is 223 g/mol. The Balaban J connectivity index is 2.05. The lowest BCUT2D eigenvalue weighted by molar-refractivity contribution is 0.341. The molecule has 1 N–H and O–H groups in total. The summed E-state index contributed by atoms with van der Waals surface area (Å²) in [7, 11) is 0. The van der Waals surface area contributed by atoms with E-state index in [1.807, 2.05) is 36.9 Å². The second-order valence-corrected chi connectivity index (χ2v) is 4.78. The van der Waals surface area contributed by atoms with Crippen molar-refractivity contribution in [2.24, 2.45) is 0 Å². The van der Waals surface area contributed by atoms with Gasteiger partial charge in [-0.05, 0) is 31.2 Å². The maximum Gasteiger partial charge on any atom is 0.142 e. The number of nitrogens with one attached hydrogen (secondary N) is 1. The maximum atomic E-state index is 5.58. The number of thioether (sulfide) groups is 1. The molecule has 1 aromatic rings. The van der Waals surface area contributed by atoms with Crippen molar-refractivity contribution in [2.45, 2.75) is 19.4 Å². The Bertz CT molecular complexity index is 310. The predicted molar refractivity (Wildman–Crippen MR) is 67.0 cm³/mol. The average molecular weight is 223 g/mol. The van der Waals surface area contributed by atoms with Crippen molar-refractivity contribution in [2.75, 3.05) is 23.4 Å². The standard InChI is InChI=1S/C12H17NOS/c1-2-14-12-6-4-3-5-11(12)13-10-7-8-15-9-10/h3-6,10,13H,2,7-9H2,1H3/t10-/m0/s1. The van der Waals surface area contributed by atoms with Crippen LogP contribution in [0.25, 0.3) is 0 Å². The molecule has 1 aliphatic rings. The van der Waals surface area contributed by atoms with Crippen LogP contribution < -0.4 is 10.1 Å². The van der Waals surface area contributed by atoms with Crippen LogP contribution in [0.4, 0.5) is 5.69 Å². The van der Waals surface area contributed by atoms with Gasteiger partial charge in [-0.15, -0.1) is 0 Å². The lowest BCUT2D eigenvalue weighted by atomic mass is 10.2. The second-order valence-electron chi connectivity index (χ2n) is 3.63. The van der Waals surface area contributed by atoms with Crippen LogP contribution in [0, 0.1) is 0 Å². The Morgan fingerprint density at radius 2 is 2.33 bits per heavy atom. The molecule has 1 aromatic carbocycles. The van der Waals surface area contributed by atoms with Crippen molar-refractivity contribution in [3.8, 4) is 5.75 Å². The number of benzene rings is 1. The number of ether oxygens (including phenoxy) is 1. The van der Waals surface area contributed by atoms with Crippen LogP contribution in [0.15, 0.2) is 24.3 Å². The van der Waals surface area contributed by atoms with E-state index in [1.54, 1.807) is 0 Å². The third-order valence-corrected chi connectivity index (χ3v) is 3.64. The molecule has 1 heterocycles. The highest BCUT2D eigenvalue weighted by molar-refractivity contribution is 7.99. The minimum absolute atomic E-state index is 0.608. The Hall–Kier alpha value is -0.830. The summed E-state index contributed by atoms with van der Waals surface area (Å²) in [5, 5.41) is 3.55. The van der Waals surface area contributed by atoms with E-state index in [0.29, 0.717) is 6.04 Å². The first-order valence-electron chi connectivity index (χ1n) is 5.46. The third-order valence-electron chi connectivity index (χ3n) is 2.48. The molecule has 0 bridgehead atoms. The molecule has 1 aliphatic heterocycles. The molecule has 0 saturated carbocycles. The fraction of sp³-hybridized carbons (Fsp3) is 0.500. The highest BCUT2D eigenvalue weighted by Crippen LogP contribution is 2.27. The van der Waals surface area contributed by atoms with Crippen molar-refractivity contribution in [1.82, 2.24) is 0 Å². The van der Waals surface area contributed by atoms with Gasteiger partial charge in [0, 0.05) is 11.8 Å². The smallest absolute Gasteiger partial charge is 0.142 e. The van der Waals surface area contributed by atoms with Crippen molar-refractivity contribution in [1.29, 1.82) is 0 Å². The van der Waals surface area contributed by atoms with Gasteiger partial charge in [0.2, 0.25) is 0 Å². The molecule has 82 valence electrons. The summed E-state index contributed by atoms with van der Waals surface area (Å²) < 4.78 is 5.58. The topological polar surface area (TPSA) is 21.3 Å². The third kappa shape index (κ3) is 2.81. The fourth-order valence-electron chi connectivity index (χ4n) is 1.74. The summed E-state index contributed by atoms with van der Waals surface area (Å²) in [4.78, 5) is 0. The van der Waals surface area contributed by atoms with Crippen LogP contribution in [0.5, 0.6) is 5.75 Å². The van der Waals surface area contributed by atoms with E-state index in [9.17, 15) is 0 Å². The summed E-state index contributed by atoms with van der Waals surface area (Å²) in [6.45, 7) is 2.74. The van der Waals surface area contributed by atoms with Crippen molar-refractivity contribution < 1.29 is 4.74 Å². The first kappa shape index (κ1) is 10.7. The Labute approximate surface area is 95.4 Å². The van der Waals surface area contributed by atoms with Crippen LogP contribution in [0.2, 0.25) is 0 Å². The minimum Gasteiger partial charge on any atom is -0.492 e. The Morgan fingerprint density at radius 3 is 3.07 bits per heavy atom. The molecule has 15 heavy (non-hydrogen) atoms. The summed E-state index contributed by atoms with van der Waals surface area (Å²) in [6.07, 6.45) is 1.26. The van der Waals surface area contributed by atoms with Gasteiger partial charge >= 0.3 is 0 Å². The maximum absolute atomic E-state index is 5.58. The van der Waals surface area contributed by atoms with E-state index in [2.05, 4.69) is 11.4 Å². The molecular formula is C12H17NOS. The first-order valence-corrected chi connectivity index (χ1v) is 6.61. The van der Waals surface area contributed by atoms with E-state index in [-0.39, 0.29) is 0 Å². The van der Waals surface area contributed by atoms with Gasteiger partial charge in [-0.2, -0.15) is 11.8 Å². The van der Waals surface area contributed by atoms with E-state index in [1.165, 1.54) is 17.9 Å². The summed E-state index contributed by atoms with van der Waals surface area (Å²) in [6, 6.07) is 8.78. The lowest BCUT2D eigenvalue weighted by Crippen LogP contribution is -2.18. The highest BCUT2D eigenvalue weighted by atomic mass is 32.2. The zero-order chi connectivity index (χ0) is 10.5. The van der Waals surface area contributed by atoms with Crippen LogP contribution >= 0.6 is 11.8 Å². The predicted octanol–water partition coefficient (Wildman–Crippen LogP) is 3.00. The van der Waals surface area contributed by atoms with E-state index in [0.717, 1.165) is 18.0 Å². The molecular weight excluding hydrogens is 206 g/mol. The van der Waals surface area contributed by atoms with E-state index < -0.39 is 0 Å². The second kappa shape index (κ2) is 5.31. The molecule has 0 unspecified atom stereocenters. The molecule has 0 aromatic heterocycles. The van der Waals surface area contributed by atoms with Crippen LogP contribution in [-0.2, 0) is 0 Å². The van der Waals surface area contributed by atoms with Crippen LogP contribution in [0.3, 0.4) is 0 Å². The van der Waals surface area contributed by atoms with Crippen LogP contribution in [0.1, 0.15) is 13.3 Å². The summed E-state index contributed by atoms with van der Waals surface area (Å²) >= 11 is 2.02. The first-order chi connectivity index (χ1) is 7.40. The van der Waals surface area contributed by atoms with E-state index in [4.69, 9.17) is 4.74 Å². The molecule has 1 saturated heterocycles. The molecule has 1 atom stereocenters. The van der Waals surface area contributed by atoms with Gasteiger partial charge in [-0.3, -0.25) is 0 Å². The number of anilines is 1. The molecule has 2 nitrogen and oxygen atoms in total. The Kier molecular flexibility index (Phi) is 3.78. The van der Waals surface area contributed by atoms with Gasteiger partial charge in [-0.25, -0.2) is 0 Å². The SMILES string of the molecule is CCOc1ccccc1N[C@H]1CCSC1. The molecule has 1 fully saturated rings. The van der Waals surface area contributed by atoms with Crippen molar-refractivity contribution >= 4 is 17.4 Å². The molecule has 0 spiro atoms. The van der Waals surface area contributed by atoms with Gasteiger partial charge in [0.15, 0.2) is 0 Å². The van der Waals surface area contributed by atoms with Gasteiger partial charge < -0.3 is 10.1 Å². The molecule has 0 amide bonds.